The highest BCUT2D eigenvalue weighted by molar-refractivity contribution is 6.33. The van der Waals surface area contributed by atoms with E-state index < -0.39 is 28.0 Å². The molecular formula is C11H3ClF3N5. The molecule has 9 heteroatoms. The third kappa shape index (κ3) is 3.38. The molecule has 0 aromatic heterocycles. The second-order valence-electron chi connectivity index (χ2n) is 3.29. The Morgan fingerprint density at radius 1 is 1.20 bits per heavy atom. The van der Waals surface area contributed by atoms with Crippen LogP contribution in [0.2, 0.25) is 5.02 Å². The third-order valence-electron chi connectivity index (χ3n) is 2.03. The van der Waals surface area contributed by atoms with Crippen LogP contribution in [0.1, 0.15) is 11.1 Å². The van der Waals surface area contributed by atoms with Crippen molar-refractivity contribution in [3.63, 3.8) is 0 Å². The monoisotopic (exact) mass is 297 g/mol. The Morgan fingerprint density at radius 2 is 1.80 bits per heavy atom. The molecule has 0 bridgehead atoms. The Labute approximate surface area is 116 Å². The van der Waals surface area contributed by atoms with Crippen LogP contribution in [-0.2, 0) is 6.18 Å². The van der Waals surface area contributed by atoms with Crippen LogP contribution in [0.3, 0.4) is 0 Å². The molecule has 1 N–H and O–H groups in total. The molecule has 0 saturated heterocycles. The SMILES string of the molecule is N#CC(C#N)=NNc1c(Cl)cc(C(F)(F)F)cc1C#N. The fraction of sp³-hybridized carbons (Fsp3) is 0.0909. The maximum atomic E-state index is 12.5. The van der Waals surface area contributed by atoms with Gasteiger partial charge < -0.3 is 0 Å². The zero-order valence-electron chi connectivity index (χ0n) is 9.46. The van der Waals surface area contributed by atoms with Crippen LogP contribution in [0.15, 0.2) is 17.2 Å². The fourth-order valence-corrected chi connectivity index (χ4v) is 1.42. The first kappa shape index (κ1) is 15.3. The Kier molecular flexibility index (Phi) is 4.53. The van der Waals surface area contributed by atoms with Gasteiger partial charge in [0.15, 0.2) is 0 Å². The van der Waals surface area contributed by atoms with E-state index in [1.165, 1.54) is 18.2 Å². The predicted molar refractivity (Wildman–Crippen MR) is 63.5 cm³/mol. The number of hydrogen-bond acceptors (Lipinski definition) is 5. The van der Waals surface area contributed by atoms with Gasteiger partial charge in [-0.05, 0) is 12.1 Å². The molecule has 0 atom stereocenters. The topological polar surface area (TPSA) is 95.8 Å². The van der Waals surface area contributed by atoms with Gasteiger partial charge in [-0.25, -0.2) is 0 Å². The maximum Gasteiger partial charge on any atom is 0.416 e. The van der Waals surface area contributed by atoms with Gasteiger partial charge in [-0.1, -0.05) is 11.6 Å². The van der Waals surface area contributed by atoms with Crippen LogP contribution < -0.4 is 5.43 Å². The summed E-state index contributed by atoms with van der Waals surface area (Å²) in [6.07, 6.45) is -4.65. The van der Waals surface area contributed by atoms with Gasteiger partial charge in [0.2, 0.25) is 5.71 Å². The zero-order valence-corrected chi connectivity index (χ0v) is 10.2. The van der Waals surface area contributed by atoms with E-state index in [0.717, 1.165) is 0 Å². The van der Waals surface area contributed by atoms with Gasteiger partial charge in [0.05, 0.1) is 21.8 Å². The number of nitrogens with zero attached hydrogens (tertiary/aromatic N) is 4. The molecular weight excluding hydrogens is 295 g/mol. The number of halogens is 4. The lowest BCUT2D eigenvalue weighted by atomic mass is 10.1. The van der Waals surface area contributed by atoms with E-state index in [9.17, 15) is 13.2 Å². The Balaban J connectivity index is 3.31. The Bertz CT molecular complexity index is 672. The summed E-state index contributed by atoms with van der Waals surface area (Å²) in [6.45, 7) is 0. The molecule has 0 fully saturated rings. The van der Waals surface area contributed by atoms with Crippen molar-refractivity contribution in [2.24, 2.45) is 5.10 Å². The molecule has 0 spiro atoms. The molecule has 1 aromatic carbocycles. The quantitative estimate of drug-likeness (QED) is 0.670. The number of rotatable bonds is 2. The fourth-order valence-electron chi connectivity index (χ4n) is 1.16. The number of nitriles is 3. The number of hydrazone groups is 1. The average Bonchev–Trinajstić information content (AvgIpc) is 2.39. The molecule has 5 nitrogen and oxygen atoms in total. The highest BCUT2D eigenvalue weighted by Crippen LogP contribution is 2.36. The van der Waals surface area contributed by atoms with Gasteiger partial charge in [-0.15, -0.1) is 0 Å². The number of alkyl halides is 3. The molecule has 100 valence electrons. The summed E-state index contributed by atoms with van der Waals surface area (Å²) in [4.78, 5) is 0. The van der Waals surface area contributed by atoms with Crippen LogP contribution in [0.4, 0.5) is 18.9 Å². The average molecular weight is 298 g/mol. The molecule has 0 aliphatic carbocycles. The van der Waals surface area contributed by atoms with Crippen molar-refractivity contribution < 1.29 is 13.2 Å². The van der Waals surface area contributed by atoms with Gasteiger partial charge in [0.25, 0.3) is 0 Å². The summed E-state index contributed by atoms with van der Waals surface area (Å²) in [5.41, 5.74) is -0.150. The summed E-state index contributed by atoms with van der Waals surface area (Å²) in [5.74, 6) is 0. The van der Waals surface area contributed by atoms with Crippen molar-refractivity contribution in [2.75, 3.05) is 5.43 Å². The second-order valence-corrected chi connectivity index (χ2v) is 3.69. The van der Waals surface area contributed by atoms with E-state index >= 15 is 0 Å². The number of nitrogens with one attached hydrogen (secondary N) is 1. The number of benzene rings is 1. The van der Waals surface area contributed by atoms with Crippen LogP contribution in [-0.4, -0.2) is 5.71 Å². The third-order valence-corrected chi connectivity index (χ3v) is 2.33. The lowest BCUT2D eigenvalue weighted by Gasteiger charge is -2.11. The Morgan fingerprint density at radius 3 is 2.25 bits per heavy atom. The van der Waals surface area contributed by atoms with E-state index in [0.29, 0.717) is 12.1 Å². The van der Waals surface area contributed by atoms with Gasteiger partial charge in [0, 0.05) is 0 Å². The Hall–Kier alpha value is -2.76. The van der Waals surface area contributed by atoms with E-state index in [1.54, 1.807) is 0 Å². The van der Waals surface area contributed by atoms with Crippen molar-refractivity contribution >= 4 is 23.0 Å². The van der Waals surface area contributed by atoms with Crippen molar-refractivity contribution in [3.05, 3.63) is 28.3 Å². The van der Waals surface area contributed by atoms with Crippen LogP contribution >= 0.6 is 11.6 Å². The van der Waals surface area contributed by atoms with E-state index in [-0.39, 0.29) is 5.69 Å². The van der Waals surface area contributed by atoms with Gasteiger partial charge >= 0.3 is 6.18 Å². The standard InChI is InChI=1S/C11H3ClF3N5/c12-9-2-7(11(13,14)15)1-6(3-16)10(9)20-19-8(4-17)5-18/h1-2,20H. The zero-order chi connectivity index (χ0) is 15.3. The van der Waals surface area contributed by atoms with Crippen molar-refractivity contribution in [2.45, 2.75) is 6.18 Å². The van der Waals surface area contributed by atoms with Crippen molar-refractivity contribution in [3.8, 4) is 18.2 Å². The minimum atomic E-state index is -4.65. The maximum absolute atomic E-state index is 12.5. The number of hydrogen-bond donors (Lipinski definition) is 1. The summed E-state index contributed by atoms with van der Waals surface area (Å²) in [7, 11) is 0. The molecule has 1 aromatic rings. The molecule has 0 unspecified atom stereocenters. The van der Waals surface area contributed by atoms with Crippen molar-refractivity contribution in [1.82, 2.24) is 0 Å². The molecule has 0 heterocycles. The predicted octanol–water partition coefficient (Wildman–Crippen LogP) is 3.05. The summed E-state index contributed by atoms with van der Waals surface area (Å²) >= 11 is 5.64. The molecule has 0 amide bonds. The van der Waals surface area contributed by atoms with E-state index in [1.807, 2.05) is 0 Å². The van der Waals surface area contributed by atoms with E-state index in [4.69, 9.17) is 27.4 Å². The molecule has 20 heavy (non-hydrogen) atoms. The first-order valence-corrected chi connectivity index (χ1v) is 5.16. The molecule has 0 aliphatic heterocycles. The summed E-state index contributed by atoms with van der Waals surface area (Å²) < 4.78 is 37.6. The van der Waals surface area contributed by atoms with E-state index in [2.05, 4.69) is 10.5 Å². The highest BCUT2D eigenvalue weighted by atomic mass is 35.5. The van der Waals surface area contributed by atoms with Crippen LogP contribution in [0, 0.1) is 34.0 Å². The summed E-state index contributed by atoms with van der Waals surface area (Å²) in [6, 6.07) is 5.59. The largest absolute Gasteiger partial charge is 0.416 e. The highest BCUT2D eigenvalue weighted by Gasteiger charge is 2.32. The molecule has 1 rings (SSSR count). The number of anilines is 1. The van der Waals surface area contributed by atoms with Gasteiger partial charge in [0.1, 0.15) is 18.2 Å². The van der Waals surface area contributed by atoms with Crippen molar-refractivity contribution in [1.29, 1.82) is 15.8 Å². The van der Waals surface area contributed by atoms with Gasteiger partial charge in [-0.2, -0.15) is 34.1 Å². The normalized spacial score (nSPS) is 9.85. The lowest BCUT2D eigenvalue weighted by molar-refractivity contribution is -0.137. The smallest absolute Gasteiger partial charge is 0.274 e. The van der Waals surface area contributed by atoms with Crippen LogP contribution in [0.25, 0.3) is 0 Å². The second kappa shape index (κ2) is 5.92. The molecule has 0 saturated carbocycles. The first-order valence-electron chi connectivity index (χ1n) is 4.78. The minimum absolute atomic E-state index is 0.217. The lowest BCUT2D eigenvalue weighted by Crippen LogP contribution is -2.07. The first-order chi connectivity index (χ1) is 9.33. The van der Waals surface area contributed by atoms with Crippen LogP contribution in [0.5, 0.6) is 0 Å². The molecule has 0 radical (unpaired) electrons. The van der Waals surface area contributed by atoms with Gasteiger partial charge in [-0.3, -0.25) is 5.43 Å². The summed E-state index contributed by atoms with van der Waals surface area (Å²) in [5, 5.41) is 28.7. The minimum Gasteiger partial charge on any atom is -0.274 e. The molecule has 0 aliphatic rings.